The summed E-state index contributed by atoms with van der Waals surface area (Å²) >= 11 is 0. The lowest BCUT2D eigenvalue weighted by Gasteiger charge is -2.04. The van der Waals surface area contributed by atoms with Crippen LogP contribution in [0.4, 0.5) is 0 Å². The van der Waals surface area contributed by atoms with Gasteiger partial charge in [-0.2, -0.15) is 0 Å². The third kappa shape index (κ3) is 31.5. The van der Waals surface area contributed by atoms with E-state index in [0.717, 1.165) is 19.0 Å². The van der Waals surface area contributed by atoms with E-state index in [0.29, 0.717) is 0 Å². The van der Waals surface area contributed by atoms with Gasteiger partial charge in [0.05, 0.1) is 0 Å². The molecule has 0 amide bonds. The second-order valence-electron chi connectivity index (χ2n) is 3.59. The van der Waals surface area contributed by atoms with Crippen LogP contribution in [0.3, 0.4) is 0 Å². The van der Waals surface area contributed by atoms with Crippen molar-refractivity contribution < 1.29 is 0 Å². The van der Waals surface area contributed by atoms with E-state index in [9.17, 15) is 0 Å². The number of hydrogen-bond acceptors (Lipinski definition) is 2. The summed E-state index contributed by atoms with van der Waals surface area (Å²) in [5, 5.41) is 0. The molecule has 96 valence electrons. The van der Waals surface area contributed by atoms with Crippen LogP contribution in [0.15, 0.2) is 0 Å². The molecule has 0 aromatic rings. The van der Waals surface area contributed by atoms with Crippen LogP contribution in [-0.2, 0) is 0 Å². The van der Waals surface area contributed by atoms with Crippen LogP contribution < -0.4 is 11.5 Å². The molecule has 0 aromatic heterocycles. The maximum Gasteiger partial charge on any atom is -0.00772 e. The first-order valence-electron chi connectivity index (χ1n) is 6.62. The van der Waals surface area contributed by atoms with Gasteiger partial charge in [-0.1, -0.05) is 47.5 Å². The molecule has 0 bridgehead atoms. The molecule has 2 heteroatoms. The Morgan fingerprint density at radius 2 is 1.40 bits per heavy atom. The molecule has 0 radical (unpaired) electrons. The third-order valence-corrected chi connectivity index (χ3v) is 2.16. The minimum absolute atomic E-state index is 0.844. The predicted molar refractivity (Wildman–Crippen MR) is 73.1 cm³/mol. The second kappa shape index (κ2) is 23.6. The van der Waals surface area contributed by atoms with Crippen molar-refractivity contribution in [1.29, 1.82) is 0 Å². The molecule has 0 saturated heterocycles. The molecule has 0 aliphatic carbocycles. The maximum atomic E-state index is 5.33. The molecule has 0 fully saturated rings. The Hall–Kier alpha value is -0.0800. The van der Waals surface area contributed by atoms with Crippen LogP contribution in [0, 0.1) is 5.92 Å². The number of unbranched alkanes of at least 4 members (excludes halogenated alkanes) is 1. The van der Waals surface area contributed by atoms with Crippen molar-refractivity contribution in [3.05, 3.63) is 0 Å². The van der Waals surface area contributed by atoms with Crippen molar-refractivity contribution in [1.82, 2.24) is 0 Å². The maximum absolute atomic E-state index is 5.33. The van der Waals surface area contributed by atoms with Crippen LogP contribution in [0.5, 0.6) is 0 Å². The van der Waals surface area contributed by atoms with Gasteiger partial charge in [0.25, 0.3) is 0 Å². The minimum Gasteiger partial charge on any atom is -0.330 e. The molecule has 1 atom stereocenters. The van der Waals surface area contributed by atoms with Crippen molar-refractivity contribution in [3.63, 3.8) is 0 Å². The molecule has 0 heterocycles. The molecular weight excluding hydrogens is 184 g/mol. The van der Waals surface area contributed by atoms with E-state index >= 15 is 0 Å². The van der Waals surface area contributed by atoms with Gasteiger partial charge in [0, 0.05) is 0 Å². The first-order valence-corrected chi connectivity index (χ1v) is 6.62. The fraction of sp³-hybridized carbons (Fsp3) is 1.00. The fourth-order valence-corrected chi connectivity index (χ4v) is 0.875. The molecule has 1 unspecified atom stereocenters. The van der Waals surface area contributed by atoms with Crippen molar-refractivity contribution in [2.75, 3.05) is 13.1 Å². The monoisotopic (exact) mass is 218 g/mol. The summed E-state index contributed by atoms with van der Waals surface area (Å²) in [7, 11) is 0. The van der Waals surface area contributed by atoms with Crippen LogP contribution in [0.1, 0.15) is 66.7 Å². The second-order valence-corrected chi connectivity index (χ2v) is 3.59. The van der Waals surface area contributed by atoms with E-state index in [-0.39, 0.29) is 0 Å². The van der Waals surface area contributed by atoms with Crippen LogP contribution in [0.2, 0.25) is 0 Å². The topological polar surface area (TPSA) is 52.0 Å². The highest BCUT2D eigenvalue weighted by Gasteiger charge is 1.94. The molecule has 0 saturated carbocycles. The Kier molecular flexibility index (Phi) is 32.0. The highest BCUT2D eigenvalue weighted by Crippen LogP contribution is 2.07. The summed E-state index contributed by atoms with van der Waals surface area (Å²) in [5.41, 5.74) is 10.5. The van der Waals surface area contributed by atoms with Crippen LogP contribution >= 0.6 is 0 Å². The average molecular weight is 218 g/mol. The lowest BCUT2D eigenvalue weighted by molar-refractivity contribution is 0.499. The Balaban J connectivity index is -0.000000177. The molecule has 0 aliphatic rings. The van der Waals surface area contributed by atoms with E-state index in [1.54, 1.807) is 0 Å². The summed E-state index contributed by atoms with van der Waals surface area (Å²) in [6, 6.07) is 0. The highest BCUT2D eigenvalue weighted by atomic mass is 14.5. The normalized spacial score (nSPS) is 10.6. The zero-order chi connectivity index (χ0) is 12.5. The van der Waals surface area contributed by atoms with Crippen LogP contribution in [-0.4, -0.2) is 13.1 Å². The molecule has 0 aliphatic heterocycles. The quantitative estimate of drug-likeness (QED) is 0.716. The van der Waals surface area contributed by atoms with Gasteiger partial charge in [-0.15, -0.1) is 0 Å². The van der Waals surface area contributed by atoms with Gasteiger partial charge in [0.2, 0.25) is 0 Å². The predicted octanol–water partition coefficient (Wildman–Crippen LogP) is 3.54. The Morgan fingerprint density at radius 3 is 1.60 bits per heavy atom. The van der Waals surface area contributed by atoms with E-state index in [1.807, 2.05) is 13.8 Å². The summed E-state index contributed by atoms with van der Waals surface area (Å²) in [6.07, 6.45) is 6.17. The smallest absolute Gasteiger partial charge is 0.00772 e. The SMILES string of the molecule is CC.CCC(C)CCCN.CCCCN. The van der Waals surface area contributed by atoms with E-state index in [4.69, 9.17) is 11.5 Å². The third-order valence-electron chi connectivity index (χ3n) is 2.16. The van der Waals surface area contributed by atoms with Crippen molar-refractivity contribution >= 4 is 0 Å². The summed E-state index contributed by atoms with van der Waals surface area (Å²) in [4.78, 5) is 0. The zero-order valence-corrected chi connectivity index (χ0v) is 11.7. The van der Waals surface area contributed by atoms with Gasteiger partial charge >= 0.3 is 0 Å². The van der Waals surface area contributed by atoms with E-state index < -0.39 is 0 Å². The molecule has 0 rings (SSSR count). The molecule has 0 aromatic carbocycles. The zero-order valence-electron chi connectivity index (χ0n) is 11.7. The fourth-order valence-electron chi connectivity index (χ4n) is 0.875. The standard InChI is InChI=1S/C7H17N.C4H11N.C2H6/c1-3-7(2)5-4-6-8;1-2-3-4-5;1-2/h7H,3-6,8H2,1-2H3;2-5H2,1H3;1-2H3. The lowest BCUT2D eigenvalue weighted by Crippen LogP contribution is -2.01. The van der Waals surface area contributed by atoms with Crippen molar-refractivity contribution in [2.24, 2.45) is 17.4 Å². The summed E-state index contributed by atoms with van der Waals surface area (Å²) in [6.45, 7) is 12.3. The number of rotatable bonds is 6. The van der Waals surface area contributed by atoms with Crippen LogP contribution in [0.25, 0.3) is 0 Å². The van der Waals surface area contributed by atoms with Gasteiger partial charge in [-0.05, 0) is 38.3 Å². The molecule has 15 heavy (non-hydrogen) atoms. The van der Waals surface area contributed by atoms with Gasteiger partial charge in [-0.3, -0.25) is 0 Å². The number of hydrogen-bond donors (Lipinski definition) is 2. The first kappa shape index (κ1) is 20.3. The minimum atomic E-state index is 0.844. The van der Waals surface area contributed by atoms with Gasteiger partial charge in [0.1, 0.15) is 0 Å². The van der Waals surface area contributed by atoms with Crippen molar-refractivity contribution in [2.45, 2.75) is 66.7 Å². The Labute approximate surface area is 97.8 Å². The number of nitrogens with two attached hydrogens (primary N) is 2. The van der Waals surface area contributed by atoms with Crippen molar-refractivity contribution in [3.8, 4) is 0 Å². The lowest BCUT2D eigenvalue weighted by atomic mass is 10.0. The molecular formula is C13H34N2. The van der Waals surface area contributed by atoms with Gasteiger partial charge < -0.3 is 11.5 Å². The highest BCUT2D eigenvalue weighted by molar-refractivity contribution is 4.49. The Bertz CT molecular complexity index is 72.9. The average Bonchev–Trinajstić information content (AvgIpc) is 2.30. The Morgan fingerprint density at radius 1 is 0.933 bits per heavy atom. The van der Waals surface area contributed by atoms with E-state index in [2.05, 4.69) is 20.8 Å². The summed E-state index contributed by atoms with van der Waals surface area (Å²) < 4.78 is 0. The molecule has 2 nitrogen and oxygen atoms in total. The largest absolute Gasteiger partial charge is 0.330 e. The van der Waals surface area contributed by atoms with Gasteiger partial charge in [-0.25, -0.2) is 0 Å². The van der Waals surface area contributed by atoms with Gasteiger partial charge in [0.15, 0.2) is 0 Å². The van der Waals surface area contributed by atoms with E-state index in [1.165, 1.54) is 32.1 Å². The first-order chi connectivity index (χ1) is 7.22. The molecule has 0 spiro atoms. The summed E-state index contributed by atoms with van der Waals surface area (Å²) in [5.74, 6) is 0.874. The molecule has 4 N–H and O–H groups in total.